The van der Waals surface area contributed by atoms with Crippen molar-refractivity contribution in [3.8, 4) is 0 Å². The number of piperidine rings is 1. The average molecular weight is 457 g/mol. The van der Waals surface area contributed by atoms with E-state index >= 15 is 0 Å². The van der Waals surface area contributed by atoms with Crippen molar-refractivity contribution in [1.29, 1.82) is 0 Å². The van der Waals surface area contributed by atoms with Crippen LogP contribution in [0.1, 0.15) is 44.1 Å². The van der Waals surface area contributed by atoms with E-state index < -0.39 is 10.0 Å². The van der Waals surface area contributed by atoms with Crippen LogP contribution in [0.5, 0.6) is 0 Å². The molecule has 1 saturated carbocycles. The third-order valence-electron chi connectivity index (χ3n) is 5.95. The average Bonchev–Trinajstić information content (AvgIpc) is 2.68. The summed E-state index contributed by atoms with van der Waals surface area (Å²) >= 11 is 3.58. The molecular formula is C19H25BrN2O4S. The number of para-hydroxylation sites is 1. The summed E-state index contributed by atoms with van der Waals surface area (Å²) in [6.45, 7) is 1.21. The highest BCUT2D eigenvalue weighted by Gasteiger charge is 2.41. The molecule has 1 aliphatic carbocycles. The molecule has 2 atom stereocenters. The van der Waals surface area contributed by atoms with E-state index in [-0.39, 0.29) is 22.2 Å². The van der Waals surface area contributed by atoms with Gasteiger partial charge in [-0.1, -0.05) is 47.0 Å². The van der Waals surface area contributed by atoms with Gasteiger partial charge in [0, 0.05) is 29.5 Å². The first-order chi connectivity index (χ1) is 13.0. The zero-order chi connectivity index (χ0) is 19.0. The summed E-state index contributed by atoms with van der Waals surface area (Å²) in [5, 5.41) is -0.330. The van der Waals surface area contributed by atoms with Crippen molar-refractivity contribution in [2.45, 2.75) is 61.3 Å². The first-order valence-corrected chi connectivity index (χ1v) is 12.1. The fourth-order valence-corrected chi connectivity index (χ4v) is 7.94. The summed E-state index contributed by atoms with van der Waals surface area (Å²) in [6, 6.07) is 7.73. The number of alkyl halides is 1. The van der Waals surface area contributed by atoms with Gasteiger partial charge in [0.1, 0.15) is 6.61 Å². The van der Waals surface area contributed by atoms with Gasteiger partial charge in [-0.3, -0.25) is 4.90 Å². The third-order valence-corrected chi connectivity index (χ3v) is 9.81. The maximum absolute atomic E-state index is 13.1. The number of halogens is 1. The number of ether oxygens (including phenoxy) is 1. The number of nitrogens with zero attached hydrogens (tertiary/aromatic N) is 2. The SMILES string of the molecule is O=C1OCc2ccccc2N1C1CCN(S(=O)(=O)[C@@H]2CCCCC2Br)CC1. The summed E-state index contributed by atoms with van der Waals surface area (Å²) in [5.74, 6) is 0. The van der Waals surface area contributed by atoms with Gasteiger partial charge < -0.3 is 4.74 Å². The molecule has 0 N–H and O–H groups in total. The van der Waals surface area contributed by atoms with E-state index in [9.17, 15) is 13.2 Å². The lowest BCUT2D eigenvalue weighted by Crippen LogP contribution is -2.53. The second kappa shape index (κ2) is 7.72. The lowest BCUT2D eigenvalue weighted by atomic mass is 10.0. The zero-order valence-corrected chi connectivity index (χ0v) is 17.6. The quantitative estimate of drug-likeness (QED) is 0.650. The van der Waals surface area contributed by atoms with Crippen molar-refractivity contribution in [2.24, 2.45) is 0 Å². The molecule has 1 aromatic carbocycles. The molecule has 0 aromatic heterocycles. The van der Waals surface area contributed by atoms with Crippen molar-refractivity contribution >= 4 is 37.7 Å². The van der Waals surface area contributed by atoms with Gasteiger partial charge in [0.05, 0.1) is 10.9 Å². The molecule has 1 unspecified atom stereocenters. The van der Waals surface area contributed by atoms with Crippen LogP contribution >= 0.6 is 15.9 Å². The van der Waals surface area contributed by atoms with Crippen LogP contribution in [0.25, 0.3) is 0 Å². The second-order valence-electron chi connectivity index (χ2n) is 7.57. The molecule has 148 valence electrons. The highest BCUT2D eigenvalue weighted by Crippen LogP contribution is 2.35. The normalized spacial score (nSPS) is 27.9. The Morgan fingerprint density at radius 3 is 2.48 bits per heavy atom. The van der Waals surface area contributed by atoms with Gasteiger partial charge >= 0.3 is 6.09 Å². The molecule has 8 heteroatoms. The minimum Gasteiger partial charge on any atom is -0.444 e. The van der Waals surface area contributed by atoms with Crippen molar-refractivity contribution in [3.05, 3.63) is 29.8 Å². The van der Waals surface area contributed by atoms with Gasteiger partial charge in [0.2, 0.25) is 10.0 Å². The van der Waals surface area contributed by atoms with Gasteiger partial charge in [0.25, 0.3) is 0 Å². The summed E-state index contributed by atoms with van der Waals surface area (Å²) in [5.41, 5.74) is 1.89. The number of amides is 1. The fourth-order valence-electron chi connectivity index (χ4n) is 4.45. The smallest absolute Gasteiger partial charge is 0.414 e. The number of fused-ring (bicyclic) bond motifs is 1. The Labute approximate surface area is 169 Å². The molecule has 0 bridgehead atoms. The van der Waals surface area contributed by atoms with Crippen molar-refractivity contribution in [1.82, 2.24) is 4.31 Å². The van der Waals surface area contributed by atoms with Gasteiger partial charge in [-0.2, -0.15) is 0 Å². The molecule has 2 heterocycles. The van der Waals surface area contributed by atoms with Gasteiger partial charge in [-0.15, -0.1) is 0 Å². The van der Waals surface area contributed by atoms with Gasteiger partial charge in [-0.05, 0) is 31.7 Å². The van der Waals surface area contributed by atoms with Crippen molar-refractivity contribution < 1.29 is 17.9 Å². The Morgan fingerprint density at radius 1 is 1.04 bits per heavy atom. The van der Waals surface area contributed by atoms with E-state index in [2.05, 4.69) is 15.9 Å². The van der Waals surface area contributed by atoms with E-state index in [1.165, 1.54) is 0 Å². The summed E-state index contributed by atoms with van der Waals surface area (Å²) < 4.78 is 33.1. The van der Waals surface area contributed by atoms with E-state index in [1.807, 2.05) is 24.3 Å². The number of hydrogen-bond acceptors (Lipinski definition) is 4. The molecule has 2 fully saturated rings. The maximum atomic E-state index is 13.1. The fraction of sp³-hybridized carbons (Fsp3) is 0.632. The molecule has 0 spiro atoms. The standard InChI is InChI=1S/C19H25BrN2O4S/c20-16-6-2-4-8-18(16)27(24,25)21-11-9-15(10-12-21)22-17-7-3-1-5-14(17)13-26-19(22)23/h1,3,5,7,15-16,18H,2,4,6,8-13H2/t16?,18-/m1/s1. The minimum atomic E-state index is -3.31. The number of carbonyl (C=O) groups is 1. The summed E-state index contributed by atoms with van der Waals surface area (Å²) in [7, 11) is -3.31. The maximum Gasteiger partial charge on any atom is 0.414 e. The number of benzene rings is 1. The molecule has 3 aliphatic rings. The zero-order valence-electron chi connectivity index (χ0n) is 15.2. The number of rotatable bonds is 3. The minimum absolute atomic E-state index is 0.0310. The molecular weight excluding hydrogens is 432 g/mol. The van der Waals surface area contributed by atoms with Crippen LogP contribution in [0.15, 0.2) is 24.3 Å². The van der Waals surface area contributed by atoms with Crippen LogP contribution in [0.4, 0.5) is 10.5 Å². The van der Waals surface area contributed by atoms with Crippen LogP contribution in [0, 0.1) is 0 Å². The van der Waals surface area contributed by atoms with E-state index in [1.54, 1.807) is 9.21 Å². The molecule has 2 aliphatic heterocycles. The Bertz CT molecular complexity index is 808. The third kappa shape index (κ3) is 3.63. The number of anilines is 1. The van der Waals surface area contributed by atoms with Crippen LogP contribution in [0.3, 0.4) is 0 Å². The van der Waals surface area contributed by atoms with Crippen molar-refractivity contribution in [2.75, 3.05) is 18.0 Å². The molecule has 0 radical (unpaired) electrons. The largest absolute Gasteiger partial charge is 0.444 e. The topological polar surface area (TPSA) is 66.9 Å². The lowest BCUT2D eigenvalue weighted by Gasteiger charge is -2.41. The molecule has 1 saturated heterocycles. The highest BCUT2D eigenvalue weighted by molar-refractivity contribution is 9.09. The Hall–Kier alpha value is -1.12. The summed E-state index contributed by atoms with van der Waals surface area (Å²) in [6.07, 6.45) is 4.62. The molecule has 27 heavy (non-hydrogen) atoms. The monoisotopic (exact) mass is 456 g/mol. The van der Waals surface area contributed by atoms with Crippen molar-refractivity contribution in [3.63, 3.8) is 0 Å². The second-order valence-corrected chi connectivity index (χ2v) is 10.9. The van der Waals surface area contributed by atoms with Gasteiger partial charge in [-0.25, -0.2) is 17.5 Å². The van der Waals surface area contributed by atoms with Crippen LogP contribution in [-0.2, 0) is 21.4 Å². The predicted octanol–water partition coefficient (Wildman–Crippen LogP) is 3.64. The highest BCUT2D eigenvalue weighted by atomic mass is 79.9. The lowest BCUT2D eigenvalue weighted by molar-refractivity contribution is 0.135. The predicted molar refractivity (Wildman–Crippen MR) is 108 cm³/mol. The van der Waals surface area contributed by atoms with Crippen LogP contribution in [-0.4, -0.2) is 48.0 Å². The Kier molecular flexibility index (Phi) is 5.49. The van der Waals surface area contributed by atoms with Gasteiger partial charge in [0.15, 0.2) is 0 Å². The van der Waals surface area contributed by atoms with Crippen LogP contribution < -0.4 is 4.90 Å². The first kappa shape index (κ1) is 19.2. The van der Waals surface area contributed by atoms with Crippen LogP contribution in [0.2, 0.25) is 0 Å². The molecule has 1 aromatic rings. The number of carbonyl (C=O) groups excluding carboxylic acids is 1. The Balaban J connectivity index is 1.47. The molecule has 1 amide bonds. The number of hydrogen-bond donors (Lipinski definition) is 0. The molecule has 4 rings (SSSR count). The van der Waals surface area contributed by atoms with E-state index in [0.29, 0.717) is 32.5 Å². The molecule has 6 nitrogen and oxygen atoms in total. The number of cyclic esters (lactones) is 1. The number of sulfonamides is 1. The Morgan fingerprint density at radius 2 is 1.74 bits per heavy atom. The summed E-state index contributed by atoms with van der Waals surface area (Å²) in [4.78, 5) is 14.1. The van der Waals surface area contributed by atoms with E-state index in [0.717, 1.165) is 36.9 Å². The first-order valence-electron chi connectivity index (χ1n) is 9.65. The van der Waals surface area contributed by atoms with E-state index in [4.69, 9.17) is 4.74 Å².